The van der Waals surface area contributed by atoms with Crippen molar-refractivity contribution in [3.8, 4) is 11.3 Å². The highest BCUT2D eigenvalue weighted by molar-refractivity contribution is 6.06. The normalized spacial score (nSPS) is 17.0. The number of nitrogens with zero attached hydrogens (tertiary/aromatic N) is 4. The van der Waals surface area contributed by atoms with Gasteiger partial charge in [0.05, 0.1) is 24.3 Å². The van der Waals surface area contributed by atoms with E-state index in [1.54, 1.807) is 6.20 Å². The zero-order valence-electron chi connectivity index (χ0n) is 19.2. The minimum absolute atomic E-state index is 0.0144. The van der Waals surface area contributed by atoms with Gasteiger partial charge in [0.25, 0.3) is 0 Å². The van der Waals surface area contributed by atoms with Gasteiger partial charge in [0.1, 0.15) is 0 Å². The number of ether oxygens (including phenoxy) is 1. The molecule has 4 heterocycles. The van der Waals surface area contributed by atoms with Crippen LogP contribution in [0.1, 0.15) is 19.4 Å². The molecule has 4 aromatic rings. The molecule has 6 rings (SSSR count). The highest BCUT2D eigenvalue weighted by atomic mass is 16.5. The Morgan fingerprint density at radius 2 is 1.88 bits per heavy atom. The molecule has 0 radical (unpaired) electrons. The fourth-order valence-corrected chi connectivity index (χ4v) is 4.62. The number of anilines is 4. The van der Waals surface area contributed by atoms with Gasteiger partial charge in [-0.1, -0.05) is 12.1 Å². The Kier molecular flexibility index (Phi) is 4.77. The topological polar surface area (TPSA) is 83.8 Å². The zero-order valence-corrected chi connectivity index (χ0v) is 19.2. The molecule has 2 aromatic heterocycles. The maximum absolute atomic E-state index is 12.4. The molecule has 0 atom stereocenters. The number of hydrogen-bond acceptors (Lipinski definition) is 6. The molecule has 1 fully saturated rings. The minimum Gasteiger partial charge on any atom is -0.378 e. The highest BCUT2D eigenvalue weighted by Gasteiger charge is 2.38. The average molecular weight is 455 g/mol. The van der Waals surface area contributed by atoms with E-state index < -0.39 is 5.41 Å². The Hall–Kier alpha value is -3.91. The van der Waals surface area contributed by atoms with Crippen molar-refractivity contribution in [2.24, 2.45) is 0 Å². The molecule has 0 unspecified atom stereocenters. The number of imidazole rings is 1. The van der Waals surface area contributed by atoms with Gasteiger partial charge in [-0.2, -0.15) is 0 Å². The number of nitrogens with one attached hydrogen (secondary N) is 2. The summed E-state index contributed by atoms with van der Waals surface area (Å²) in [5.41, 5.74) is 5.90. The van der Waals surface area contributed by atoms with Crippen molar-refractivity contribution in [1.82, 2.24) is 14.4 Å². The first-order valence-corrected chi connectivity index (χ1v) is 11.5. The van der Waals surface area contributed by atoms with Gasteiger partial charge in [-0.3, -0.25) is 4.79 Å². The number of benzene rings is 2. The number of hydrogen-bond donors (Lipinski definition) is 2. The predicted molar refractivity (Wildman–Crippen MR) is 133 cm³/mol. The first kappa shape index (κ1) is 20.7. The van der Waals surface area contributed by atoms with Gasteiger partial charge >= 0.3 is 0 Å². The van der Waals surface area contributed by atoms with Crippen LogP contribution in [0.15, 0.2) is 61.1 Å². The lowest BCUT2D eigenvalue weighted by atomic mass is 9.86. The molecular formula is C26H26N6O2. The van der Waals surface area contributed by atoms with Gasteiger partial charge in [0.2, 0.25) is 5.91 Å². The van der Waals surface area contributed by atoms with Crippen LogP contribution < -0.4 is 15.5 Å². The smallest absolute Gasteiger partial charge is 0.234 e. The lowest BCUT2D eigenvalue weighted by Gasteiger charge is -2.28. The van der Waals surface area contributed by atoms with Crippen LogP contribution in [0.3, 0.4) is 0 Å². The quantitative estimate of drug-likeness (QED) is 0.481. The third-order valence-corrected chi connectivity index (χ3v) is 6.68. The van der Waals surface area contributed by atoms with Crippen molar-refractivity contribution in [3.05, 3.63) is 66.6 Å². The summed E-state index contributed by atoms with van der Waals surface area (Å²) in [7, 11) is 0. The third-order valence-electron chi connectivity index (χ3n) is 6.68. The lowest BCUT2D eigenvalue weighted by Crippen LogP contribution is -2.36. The van der Waals surface area contributed by atoms with Crippen LogP contribution in [0.5, 0.6) is 0 Å². The molecule has 8 heteroatoms. The summed E-state index contributed by atoms with van der Waals surface area (Å²) >= 11 is 0. The summed E-state index contributed by atoms with van der Waals surface area (Å²) in [6, 6.07) is 14.4. The van der Waals surface area contributed by atoms with E-state index in [2.05, 4.69) is 44.8 Å². The Labute approximate surface area is 197 Å². The molecule has 2 aliphatic rings. The molecule has 1 saturated heterocycles. The van der Waals surface area contributed by atoms with E-state index in [4.69, 9.17) is 9.72 Å². The number of rotatable bonds is 4. The van der Waals surface area contributed by atoms with Crippen LogP contribution in [0, 0.1) is 0 Å². The zero-order chi connectivity index (χ0) is 23.3. The molecule has 0 aliphatic carbocycles. The maximum atomic E-state index is 12.4. The van der Waals surface area contributed by atoms with E-state index in [0.29, 0.717) is 5.82 Å². The Balaban J connectivity index is 1.32. The van der Waals surface area contributed by atoms with E-state index in [9.17, 15) is 4.79 Å². The molecule has 8 nitrogen and oxygen atoms in total. The summed E-state index contributed by atoms with van der Waals surface area (Å²) in [6.45, 7) is 7.22. The molecule has 172 valence electrons. The number of morpholine rings is 1. The minimum atomic E-state index is -0.532. The van der Waals surface area contributed by atoms with Crippen LogP contribution >= 0.6 is 0 Å². The van der Waals surface area contributed by atoms with Crippen LogP contribution in [-0.4, -0.2) is 46.6 Å². The number of amides is 1. The van der Waals surface area contributed by atoms with Crippen molar-refractivity contribution in [2.45, 2.75) is 19.3 Å². The van der Waals surface area contributed by atoms with Gasteiger partial charge in [-0.05, 0) is 49.7 Å². The Morgan fingerprint density at radius 3 is 2.68 bits per heavy atom. The van der Waals surface area contributed by atoms with Crippen molar-refractivity contribution in [2.75, 3.05) is 41.8 Å². The van der Waals surface area contributed by atoms with Crippen LogP contribution in [0.4, 0.5) is 22.9 Å². The first-order valence-electron chi connectivity index (χ1n) is 11.5. The van der Waals surface area contributed by atoms with Gasteiger partial charge in [-0.25, -0.2) is 9.97 Å². The molecule has 2 aliphatic heterocycles. The number of fused-ring (bicyclic) bond motifs is 2. The molecular weight excluding hydrogens is 428 g/mol. The Morgan fingerprint density at radius 1 is 1.09 bits per heavy atom. The molecule has 34 heavy (non-hydrogen) atoms. The molecule has 2 aromatic carbocycles. The summed E-state index contributed by atoms with van der Waals surface area (Å²) in [5, 5.41) is 6.44. The second-order valence-corrected chi connectivity index (χ2v) is 9.24. The summed E-state index contributed by atoms with van der Waals surface area (Å²) in [4.78, 5) is 24.1. The van der Waals surface area contributed by atoms with Gasteiger partial charge in [0.15, 0.2) is 11.5 Å². The first-order chi connectivity index (χ1) is 16.5. The van der Waals surface area contributed by atoms with Crippen LogP contribution in [-0.2, 0) is 14.9 Å². The molecule has 1 amide bonds. The fraction of sp³-hybridized carbons (Fsp3) is 0.269. The highest BCUT2D eigenvalue weighted by Crippen LogP contribution is 2.39. The van der Waals surface area contributed by atoms with Crippen LogP contribution in [0.25, 0.3) is 16.9 Å². The van der Waals surface area contributed by atoms with E-state index in [-0.39, 0.29) is 5.91 Å². The van der Waals surface area contributed by atoms with Crippen molar-refractivity contribution in [3.63, 3.8) is 0 Å². The fourth-order valence-electron chi connectivity index (χ4n) is 4.62. The van der Waals surface area contributed by atoms with Gasteiger partial charge in [0, 0.05) is 54.3 Å². The van der Waals surface area contributed by atoms with Crippen molar-refractivity contribution < 1.29 is 9.53 Å². The average Bonchev–Trinajstić information content (AvgIpc) is 3.42. The SMILES string of the molecule is CC1(C)C(=O)Nc2cc(-c3cn4ccnc4c(Nc4ccc(N5CCOCC5)cc4)n3)ccc21. The standard InChI is InChI=1S/C26H26N6O2/c1-26(2)20-8-3-17(15-21(20)30-25(26)33)22-16-32-10-9-27-24(32)23(29-22)28-18-4-6-19(7-5-18)31-11-13-34-14-12-31/h3-10,15-16H,11-14H2,1-2H3,(H,28,29)(H,30,33). The molecule has 2 N–H and O–H groups in total. The largest absolute Gasteiger partial charge is 0.378 e. The van der Waals surface area contributed by atoms with E-state index in [1.165, 1.54) is 5.69 Å². The van der Waals surface area contributed by atoms with Gasteiger partial charge in [-0.15, -0.1) is 0 Å². The third kappa shape index (κ3) is 3.47. The monoisotopic (exact) mass is 454 g/mol. The molecule has 0 bridgehead atoms. The summed E-state index contributed by atoms with van der Waals surface area (Å²) < 4.78 is 7.41. The van der Waals surface area contributed by atoms with Gasteiger partial charge < -0.3 is 24.7 Å². The van der Waals surface area contributed by atoms with E-state index >= 15 is 0 Å². The van der Waals surface area contributed by atoms with E-state index in [1.807, 2.05) is 48.8 Å². The summed E-state index contributed by atoms with van der Waals surface area (Å²) in [5.74, 6) is 0.687. The van der Waals surface area contributed by atoms with Crippen molar-refractivity contribution >= 4 is 34.4 Å². The molecule has 0 spiro atoms. The second-order valence-electron chi connectivity index (χ2n) is 9.24. The summed E-state index contributed by atoms with van der Waals surface area (Å²) in [6.07, 6.45) is 5.63. The molecule has 0 saturated carbocycles. The van der Waals surface area contributed by atoms with Crippen molar-refractivity contribution in [1.29, 1.82) is 0 Å². The van der Waals surface area contributed by atoms with E-state index in [0.717, 1.165) is 60.1 Å². The maximum Gasteiger partial charge on any atom is 0.234 e. The Bertz CT molecular complexity index is 1390. The lowest BCUT2D eigenvalue weighted by molar-refractivity contribution is -0.119. The predicted octanol–water partition coefficient (Wildman–Crippen LogP) is 4.21. The number of carbonyl (C=O) groups excluding carboxylic acids is 1. The second kappa shape index (κ2) is 7.85. The number of aromatic nitrogens is 3. The van der Waals surface area contributed by atoms with Crippen LogP contribution in [0.2, 0.25) is 0 Å². The number of carbonyl (C=O) groups is 1.